The van der Waals surface area contributed by atoms with Crippen molar-refractivity contribution >= 4 is 29.3 Å². The molecule has 1 atom stereocenters. The molecule has 2 aliphatic rings. The Morgan fingerprint density at radius 2 is 2.11 bits per heavy atom. The molecule has 0 aliphatic carbocycles. The van der Waals surface area contributed by atoms with Gasteiger partial charge in [0.1, 0.15) is 0 Å². The predicted molar refractivity (Wildman–Crippen MR) is 76.8 cm³/mol. The van der Waals surface area contributed by atoms with Crippen LogP contribution in [0.4, 0.5) is 5.69 Å². The van der Waals surface area contributed by atoms with Crippen molar-refractivity contribution < 1.29 is 9.59 Å². The number of carbonyl (C=O) groups is 2. The van der Waals surface area contributed by atoms with Crippen LogP contribution in [-0.2, 0) is 0 Å². The third-order valence-electron chi connectivity index (χ3n) is 3.71. The van der Waals surface area contributed by atoms with Crippen molar-refractivity contribution in [1.82, 2.24) is 4.90 Å². The summed E-state index contributed by atoms with van der Waals surface area (Å²) in [4.78, 5) is 24.8. The van der Waals surface area contributed by atoms with Gasteiger partial charge in [-0.2, -0.15) is 11.8 Å². The van der Waals surface area contributed by atoms with Gasteiger partial charge >= 0.3 is 0 Å². The highest BCUT2D eigenvalue weighted by Gasteiger charge is 2.32. The first-order chi connectivity index (χ1) is 9.16. The first-order valence-electron chi connectivity index (χ1n) is 6.45. The van der Waals surface area contributed by atoms with Crippen LogP contribution >= 0.6 is 11.8 Å². The molecule has 0 radical (unpaired) electrons. The molecule has 0 bridgehead atoms. The van der Waals surface area contributed by atoms with Gasteiger partial charge in [-0.25, -0.2) is 0 Å². The van der Waals surface area contributed by atoms with E-state index in [1.54, 1.807) is 12.1 Å². The van der Waals surface area contributed by atoms with Gasteiger partial charge in [-0.05, 0) is 42.0 Å². The van der Waals surface area contributed by atoms with Crippen LogP contribution < -0.4 is 5.32 Å². The molecule has 1 saturated heterocycles. The summed E-state index contributed by atoms with van der Waals surface area (Å²) in [6.07, 6.45) is 1.25. The van der Waals surface area contributed by atoms with Crippen molar-refractivity contribution in [2.24, 2.45) is 5.92 Å². The summed E-state index contributed by atoms with van der Waals surface area (Å²) < 4.78 is 0. The molecular formula is C14H16N2O2S. The summed E-state index contributed by atoms with van der Waals surface area (Å²) in [6, 6.07) is 5.41. The standard InChI is InChI=1S/C14H16N2O2S/c1-16-13(17)11-3-2-10(6-12(11)14(16)18)15-7-9-4-5-19-8-9/h2-3,6,9,15H,4-5,7-8H2,1H3. The highest BCUT2D eigenvalue weighted by Crippen LogP contribution is 2.26. The quantitative estimate of drug-likeness (QED) is 0.859. The summed E-state index contributed by atoms with van der Waals surface area (Å²) in [5.41, 5.74) is 1.94. The van der Waals surface area contributed by atoms with Gasteiger partial charge < -0.3 is 5.32 Å². The highest BCUT2D eigenvalue weighted by molar-refractivity contribution is 7.99. The molecule has 1 N–H and O–H groups in total. The van der Waals surface area contributed by atoms with E-state index in [0.29, 0.717) is 17.0 Å². The molecule has 5 heteroatoms. The van der Waals surface area contributed by atoms with E-state index in [1.165, 1.54) is 29.9 Å². The number of fused-ring (bicyclic) bond motifs is 1. The average molecular weight is 276 g/mol. The number of imide groups is 1. The van der Waals surface area contributed by atoms with E-state index in [4.69, 9.17) is 0 Å². The van der Waals surface area contributed by atoms with Crippen LogP contribution in [0.25, 0.3) is 0 Å². The summed E-state index contributed by atoms with van der Waals surface area (Å²) in [5, 5.41) is 3.37. The maximum absolute atomic E-state index is 11.9. The van der Waals surface area contributed by atoms with Gasteiger partial charge in [-0.3, -0.25) is 14.5 Å². The number of rotatable bonds is 3. The summed E-state index contributed by atoms with van der Waals surface area (Å²) in [6.45, 7) is 0.934. The Hall–Kier alpha value is -1.49. The third-order valence-corrected chi connectivity index (χ3v) is 4.94. The minimum Gasteiger partial charge on any atom is -0.385 e. The molecule has 2 aliphatic heterocycles. The van der Waals surface area contributed by atoms with Gasteiger partial charge in [0.15, 0.2) is 0 Å². The van der Waals surface area contributed by atoms with Crippen molar-refractivity contribution in [2.75, 3.05) is 30.4 Å². The fraction of sp³-hybridized carbons (Fsp3) is 0.429. The molecule has 2 heterocycles. The lowest BCUT2D eigenvalue weighted by molar-refractivity contribution is 0.0693. The number of nitrogens with one attached hydrogen (secondary N) is 1. The average Bonchev–Trinajstić information content (AvgIpc) is 3.01. The maximum atomic E-state index is 11.9. The van der Waals surface area contributed by atoms with Crippen molar-refractivity contribution in [2.45, 2.75) is 6.42 Å². The molecule has 100 valence electrons. The van der Waals surface area contributed by atoms with Crippen LogP contribution in [0.15, 0.2) is 18.2 Å². The van der Waals surface area contributed by atoms with Crippen LogP contribution in [0.5, 0.6) is 0 Å². The van der Waals surface area contributed by atoms with Crippen molar-refractivity contribution in [1.29, 1.82) is 0 Å². The van der Waals surface area contributed by atoms with E-state index in [2.05, 4.69) is 5.32 Å². The molecule has 2 amide bonds. The SMILES string of the molecule is CN1C(=O)c2ccc(NCC3CCSC3)cc2C1=O. The summed E-state index contributed by atoms with van der Waals surface area (Å²) in [7, 11) is 1.52. The number of amides is 2. The van der Waals surface area contributed by atoms with E-state index >= 15 is 0 Å². The Kier molecular flexibility index (Phi) is 3.22. The van der Waals surface area contributed by atoms with Gasteiger partial charge in [-0.15, -0.1) is 0 Å². The molecule has 0 saturated carbocycles. The molecule has 0 aromatic heterocycles. The molecule has 1 fully saturated rings. The molecular weight excluding hydrogens is 260 g/mol. The van der Waals surface area contributed by atoms with Crippen LogP contribution in [0.1, 0.15) is 27.1 Å². The molecule has 0 spiro atoms. The number of nitrogens with zero attached hydrogens (tertiary/aromatic N) is 1. The zero-order valence-corrected chi connectivity index (χ0v) is 11.6. The minimum absolute atomic E-state index is 0.208. The molecule has 3 rings (SSSR count). The van der Waals surface area contributed by atoms with E-state index in [9.17, 15) is 9.59 Å². The molecule has 1 aromatic rings. The lowest BCUT2D eigenvalue weighted by atomic mass is 10.1. The normalized spacial score (nSPS) is 21.9. The largest absolute Gasteiger partial charge is 0.385 e. The fourth-order valence-electron chi connectivity index (χ4n) is 2.48. The number of carbonyl (C=O) groups excluding carboxylic acids is 2. The smallest absolute Gasteiger partial charge is 0.261 e. The Labute approximate surface area is 116 Å². The zero-order chi connectivity index (χ0) is 13.4. The number of hydrogen-bond donors (Lipinski definition) is 1. The van der Waals surface area contributed by atoms with Crippen LogP contribution in [0.2, 0.25) is 0 Å². The molecule has 1 aromatic carbocycles. The number of hydrogen-bond acceptors (Lipinski definition) is 4. The number of thioether (sulfide) groups is 1. The van der Waals surface area contributed by atoms with Crippen LogP contribution in [-0.4, -0.2) is 41.8 Å². The van der Waals surface area contributed by atoms with Crippen molar-refractivity contribution in [3.63, 3.8) is 0 Å². The van der Waals surface area contributed by atoms with Gasteiger partial charge in [0.2, 0.25) is 0 Å². The Balaban J connectivity index is 1.75. The van der Waals surface area contributed by atoms with Gasteiger partial charge in [0, 0.05) is 19.3 Å². The first kappa shape index (κ1) is 12.5. The van der Waals surface area contributed by atoms with E-state index in [0.717, 1.165) is 12.2 Å². The zero-order valence-electron chi connectivity index (χ0n) is 10.8. The summed E-state index contributed by atoms with van der Waals surface area (Å²) >= 11 is 1.99. The lowest BCUT2D eigenvalue weighted by Gasteiger charge is -2.11. The second-order valence-corrected chi connectivity index (χ2v) is 6.19. The van der Waals surface area contributed by atoms with Crippen LogP contribution in [0.3, 0.4) is 0 Å². The second kappa shape index (κ2) is 4.89. The predicted octanol–water partition coefficient (Wildman–Crippen LogP) is 2.08. The second-order valence-electron chi connectivity index (χ2n) is 5.04. The molecule has 19 heavy (non-hydrogen) atoms. The number of benzene rings is 1. The first-order valence-corrected chi connectivity index (χ1v) is 7.60. The maximum Gasteiger partial charge on any atom is 0.261 e. The number of anilines is 1. The molecule has 1 unspecified atom stereocenters. The minimum atomic E-state index is -0.209. The van der Waals surface area contributed by atoms with E-state index < -0.39 is 0 Å². The van der Waals surface area contributed by atoms with E-state index in [1.807, 2.05) is 17.8 Å². The lowest BCUT2D eigenvalue weighted by Crippen LogP contribution is -2.24. The Morgan fingerprint density at radius 1 is 1.32 bits per heavy atom. The highest BCUT2D eigenvalue weighted by atomic mass is 32.2. The third kappa shape index (κ3) is 2.23. The Morgan fingerprint density at radius 3 is 2.84 bits per heavy atom. The van der Waals surface area contributed by atoms with Crippen molar-refractivity contribution in [3.8, 4) is 0 Å². The van der Waals surface area contributed by atoms with E-state index in [-0.39, 0.29) is 11.8 Å². The monoisotopic (exact) mass is 276 g/mol. The topological polar surface area (TPSA) is 49.4 Å². The fourth-order valence-corrected chi connectivity index (χ4v) is 3.76. The van der Waals surface area contributed by atoms with Gasteiger partial charge in [-0.1, -0.05) is 0 Å². The van der Waals surface area contributed by atoms with Gasteiger partial charge in [0.25, 0.3) is 11.8 Å². The Bertz CT molecular complexity index is 538. The summed E-state index contributed by atoms with van der Waals surface area (Å²) in [5.74, 6) is 2.74. The van der Waals surface area contributed by atoms with Crippen LogP contribution in [0, 0.1) is 5.92 Å². The van der Waals surface area contributed by atoms with Gasteiger partial charge in [0.05, 0.1) is 11.1 Å². The van der Waals surface area contributed by atoms with Crippen molar-refractivity contribution in [3.05, 3.63) is 29.3 Å². The molecule has 4 nitrogen and oxygen atoms in total.